The Balaban J connectivity index is 2.72. The van der Waals surface area contributed by atoms with Crippen LogP contribution in [0.2, 0.25) is 0 Å². The summed E-state index contributed by atoms with van der Waals surface area (Å²) < 4.78 is 5.53. The van der Waals surface area contributed by atoms with Crippen molar-refractivity contribution >= 4 is 17.5 Å². The Morgan fingerprint density at radius 2 is 2.00 bits per heavy atom. The molecule has 1 unspecified atom stereocenters. The zero-order chi connectivity index (χ0) is 17.6. The normalized spacial score (nSPS) is 12.6. The number of ether oxygens (including phenoxy) is 1. The highest BCUT2D eigenvalue weighted by Crippen LogP contribution is 2.23. The quantitative estimate of drug-likeness (QED) is 0.568. The zero-order valence-corrected chi connectivity index (χ0v) is 14.0. The first kappa shape index (κ1) is 18.9. The molecule has 1 atom stereocenters. The van der Waals surface area contributed by atoms with Crippen LogP contribution in [0.4, 0.5) is 10.5 Å². The van der Waals surface area contributed by atoms with E-state index in [2.05, 4.69) is 10.6 Å². The second kappa shape index (κ2) is 7.94. The number of anilines is 1. The smallest absolute Gasteiger partial charge is 0.316 e. The van der Waals surface area contributed by atoms with E-state index < -0.39 is 12.1 Å². The third-order valence-electron chi connectivity index (χ3n) is 2.93. The van der Waals surface area contributed by atoms with E-state index in [0.717, 1.165) is 0 Å². The van der Waals surface area contributed by atoms with E-state index in [1.54, 1.807) is 12.1 Å². The predicted molar refractivity (Wildman–Crippen MR) is 88.9 cm³/mol. The van der Waals surface area contributed by atoms with Crippen molar-refractivity contribution < 1.29 is 19.4 Å². The van der Waals surface area contributed by atoms with Crippen LogP contribution in [-0.4, -0.2) is 41.7 Å². The molecule has 0 radical (unpaired) electrons. The van der Waals surface area contributed by atoms with Crippen LogP contribution in [0.25, 0.3) is 0 Å². The van der Waals surface area contributed by atoms with Crippen LogP contribution in [0.5, 0.6) is 5.75 Å². The van der Waals surface area contributed by atoms with Crippen LogP contribution < -0.4 is 21.1 Å². The van der Waals surface area contributed by atoms with Crippen LogP contribution in [0.15, 0.2) is 18.2 Å². The predicted octanol–water partition coefficient (Wildman–Crippen LogP) is 1.51. The van der Waals surface area contributed by atoms with Crippen molar-refractivity contribution in [3.8, 4) is 5.75 Å². The van der Waals surface area contributed by atoms with Crippen molar-refractivity contribution in [3.63, 3.8) is 0 Å². The molecule has 0 aliphatic heterocycles. The second-order valence-electron chi connectivity index (χ2n) is 6.35. The van der Waals surface area contributed by atoms with Gasteiger partial charge in [0.15, 0.2) is 5.78 Å². The maximum atomic E-state index is 11.7. The number of aliphatic hydroxyl groups excluding tert-OH is 1. The van der Waals surface area contributed by atoms with E-state index in [9.17, 15) is 14.7 Å². The molecule has 0 fully saturated rings. The van der Waals surface area contributed by atoms with Gasteiger partial charge in [0.25, 0.3) is 0 Å². The summed E-state index contributed by atoms with van der Waals surface area (Å²) in [5.41, 5.74) is 5.67. The Labute approximate surface area is 136 Å². The van der Waals surface area contributed by atoms with Crippen LogP contribution in [0.3, 0.4) is 0 Å². The third kappa shape index (κ3) is 7.12. The van der Waals surface area contributed by atoms with Crippen molar-refractivity contribution in [3.05, 3.63) is 23.8 Å². The molecular weight excluding hydrogens is 298 g/mol. The summed E-state index contributed by atoms with van der Waals surface area (Å²) >= 11 is 0. The molecular formula is C16H25N3O4. The molecule has 0 aliphatic rings. The fourth-order valence-electron chi connectivity index (χ4n) is 1.82. The zero-order valence-electron chi connectivity index (χ0n) is 14.0. The number of β-amino-alcohol motifs (C(OH)–C–C–N with tert-alkyl or cyclic N) is 1. The summed E-state index contributed by atoms with van der Waals surface area (Å²) in [6.45, 7) is 7.82. The minimum atomic E-state index is -0.711. The number of amides is 2. The van der Waals surface area contributed by atoms with E-state index >= 15 is 0 Å². The Kier molecular flexibility index (Phi) is 6.53. The van der Waals surface area contributed by atoms with E-state index in [4.69, 9.17) is 10.5 Å². The number of aliphatic hydroxyl groups is 1. The minimum Gasteiger partial charge on any atom is -0.490 e. The van der Waals surface area contributed by atoms with Gasteiger partial charge < -0.3 is 26.2 Å². The van der Waals surface area contributed by atoms with Crippen LogP contribution >= 0.6 is 0 Å². The highest BCUT2D eigenvalue weighted by Gasteiger charge is 2.15. The maximum absolute atomic E-state index is 11.7. The van der Waals surface area contributed by atoms with Crippen molar-refractivity contribution in [2.45, 2.75) is 39.3 Å². The molecule has 1 aromatic carbocycles. The largest absolute Gasteiger partial charge is 0.490 e. The second-order valence-corrected chi connectivity index (χ2v) is 6.35. The van der Waals surface area contributed by atoms with Gasteiger partial charge in [-0.05, 0) is 45.9 Å². The number of carbonyl (C=O) groups is 2. The Morgan fingerprint density at radius 3 is 2.52 bits per heavy atom. The molecule has 7 nitrogen and oxygen atoms in total. The molecule has 0 spiro atoms. The number of urea groups is 1. The van der Waals surface area contributed by atoms with Gasteiger partial charge in [0.2, 0.25) is 0 Å². The van der Waals surface area contributed by atoms with Crippen molar-refractivity contribution in [2.24, 2.45) is 5.73 Å². The average molecular weight is 323 g/mol. The Morgan fingerprint density at radius 1 is 1.35 bits per heavy atom. The average Bonchev–Trinajstić information content (AvgIpc) is 2.42. The summed E-state index contributed by atoms with van der Waals surface area (Å²) in [4.78, 5) is 22.6. The molecule has 5 N–H and O–H groups in total. The fourth-order valence-corrected chi connectivity index (χ4v) is 1.82. The lowest BCUT2D eigenvalue weighted by molar-refractivity contribution is 0.0950. The SMILES string of the molecule is CC(=O)c1cc(NC(N)=O)ccc1OCC(O)CNC(C)(C)C. The molecule has 0 aliphatic carbocycles. The highest BCUT2D eigenvalue weighted by molar-refractivity contribution is 5.99. The first-order chi connectivity index (χ1) is 10.6. The summed E-state index contributed by atoms with van der Waals surface area (Å²) in [7, 11) is 0. The fraction of sp³-hybridized carbons (Fsp3) is 0.500. The Hall–Kier alpha value is -2.12. The van der Waals surface area contributed by atoms with Crippen LogP contribution in [0, 0.1) is 0 Å². The van der Waals surface area contributed by atoms with Gasteiger partial charge in [-0.3, -0.25) is 4.79 Å². The van der Waals surface area contributed by atoms with Gasteiger partial charge >= 0.3 is 6.03 Å². The molecule has 128 valence electrons. The summed E-state index contributed by atoms with van der Waals surface area (Å²) in [5, 5.41) is 15.5. The summed E-state index contributed by atoms with van der Waals surface area (Å²) in [6, 6.07) is 3.91. The lowest BCUT2D eigenvalue weighted by Crippen LogP contribution is -2.42. The number of rotatable bonds is 7. The molecule has 0 saturated heterocycles. The number of hydrogen-bond donors (Lipinski definition) is 4. The number of nitrogens with two attached hydrogens (primary N) is 1. The number of hydrogen-bond acceptors (Lipinski definition) is 5. The highest BCUT2D eigenvalue weighted by atomic mass is 16.5. The summed E-state index contributed by atoms with van der Waals surface area (Å²) in [6.07, 6.45) is -0.711. The number of carbonyl (C=O) groups excluding carboxylic acids is 2. The van der Waals surface area contributed by atoms with Gasteiger partial charge in [-0.2, -0.15) is 0 Å². The van der Waals surface area contributed by atoms with Gasteiger partial charge in [0.05, 0.1) is 5.56 Å². The molecule has 2 amide bonds. The standard InChI is InChI=1S/C16H25N3O4/c1-10(20)13-7-11(19-15(17)22)5-6-14(13)23-9-12(21)8-18-16(2,3)4/h5-7,12,18,21H,8-9H2,1-4H3,(H3,17,19,22). The van der Waals surface area contributed by atoms with Gasteiger partial charge in [-0.15, -0.1) is 0 Å². The molecule has 23 heavy (non-hydrogen) atoms. The first-order valence-corrected chi connectivity index (χ1v) is 7.36. The van der Waals surface area contributed by atoms with E-state index in [1.807, 2.05) is 20.8 Å². The maximum Gasteiger partial charge on any atom is 0.316 e. The van der Waals surface area contributed by atoms with Gasteiger partial charge in [0, 0.05) is 17.8 Å². The van der Waals surface area contributed by atoms with Gasteiger partial charge in [-0.25, -0.2) is 4.79 Å². The number of nitrogens with one attached hydrogen (secondary N) is 2. The summed E-state index contributed by atoms with van der Waals surface area (Å²) in [5.74, 6) is 0.137. The lowest BCUT2D eigenvalue weighted by atomic mass is 10.1. The van der Waals surface area contributed by atoms with E-state index in [0.29, 0.717) is 23.5 Å². The molecule has 0 aromatic heterocycles. The molecule has 1 rings (SSSR count). The van der Waals surface area contributed by atoms with Crippen molar-refractivity contribution in [1.29, 1.82) is 0 Å². The van der Waals surface area contributed by atoms with Crippen LogP contribution in [0.1, 0.15) is 38.1 Å². The van der Waals surface area contributed by atoms with Gasteiger partial charge in [-0.1, -0.05) is 0 Å². The molecule has 1 aromatic rings. The Bertz CT molecular complexity index is 567. The van der Waals surface area contributed by atoms with E-state index in [1.165, 1.54) is 13.0 Å². The minimum absolute atomic E-state index is 0.0476. The molecule has 0 saturated carbocycles. The molecule has 0 bridgehead atoms. The molecule has 0 heterocycles. The number of ketones is 1. The van der Waals surface area contributed by atoms with Gasteiger partial charge in [0.1, 0.15) is 18.5 Å². The lowest BCUT2D eigenvalue weighted by Gasteiger charge is -2.23. The first-order valence-electron chi connectivity index (χ1n) is 7.36. The van der Waals surface area contributed by atoms with Crippen molar-refractivity contribution in [2.75, 3.05) is 18.5 Å². The number of benzene rings is 1. The number of primary amides is 1. The monoisotopic (exact) mass is 323 g/mol. The van der Waals surface area contributed by atoms with Crippen molar-refractivity contribution in [1.82, 2.24) is 5.32 Å². The third-order valence-corrected chi connectivity index (χ3v) is 2.93. The van der Waals surface area contributed by atoms with E-state index in [-0.39, 0.29) is 17.9 Å². The molecule has 7 heteroatoms. The van der Waals surface area contributed by atoms with Crippen LogP contribution in [-0.2, 0) is 0 Å². The number of Topliss-reactive ketones (excluding diaryl/α,β-unsaturated/α-hetero) is 1. The topological polar surface area (TPSA) is 114 Å².